The van der Waals surface area contributed by atoms with E-state index in [4.69, 9.17) is 9.47 Å². The molecule has 6 nitrogen and oxygen atoms in total. The number of amides is 1. The zero-order chi connectivity index (χ0) is 21.2. The van der Waals surface area contributed by atoms with Gasteiger partial charge in [0.05, 0.1) is 12.1 Å². The lowest BCUT2D eigenvalue weighted by Gasteiger charge is -2.38. The molecule has 0 unspecified atom stereocenters. The Morgan fingerprint density at radius 2 is 1.90 bits per heavy atom. The molecule has 2 heterocycles. The van der Waals surface area contributed by atoms with E-state index in [1.807, 2.05) is 13.0 Å². The molecule has 2 aromatic rings. The molecule has 1 saturated heterocycles. The van der Waals surface area contributed by atoms with Crippen molar-refractivity contribution in [2.45, 2.75) is 44.8 Å². The van der Waals surface area contributed by atoms with E-state index < -0.39 is 0 Å². The van der Waals surface area contributed by atoms with Gasteiger partial charge in [-0.3, -0.25) is 14.6 Å². The second-order valence-corrected chi connectivity index (χ2v) is 8.83. The van der Waals surface area contributed by atoms with Gasteiger partial charge >= 0.3 is 0 Å². The molecular formula is C25H31N3O3. The molecule has 1 N–H and O–H groups in total. The first kappa shape index (κ1) is 20.3. The Hall–Kier alpha value is -2.57. The standard InChI is InChI=1S/C25H31N3O3/c1-18(25(29)26-22-8-4-6-20-5-2-3-7-21(20)22)28-13-11-27(12-14-28)16-19-9-10-23-24(15-19)31-17-30-23/h2-3,5,7,9-10,15,18,22H,4,6,8,11-14,16-17H2,1H3,(H,26,29)/t18-,22+/m1/s1. The first-order chi connectivity index (χ1) is 15.2. The highest BCUT2D eigenvalue weighted by molar-refractivity contribution is 5.81. The lowest BCUT2D eigenvalue weighted by molar-refractivity contribution is -0.127. The fourth-order valence-electron chi connectivity index (χ4n) is 4.97. The number of fused-ring (bicyclic) bond motifs is 2. The van der Waals surface area contributed by atoms with E-state index >= 15 is 0 Å². The average Bonchev–Trinajstić information content (AvgIpc) is 3.27. The first-order valence-electron chi connectivity index (χ1n) is 11.4. The number of nitrogens with zero attached hydrogens (tertiary/aromatic N) is 2. The molecule has 2 aromatic carbocycles. The molecule has 1 aliphatic carbocycles. The van der Waals surface area contributed by atoms with Gasteiger partial charge in [0.15, 0.2) is 11.5 Å². The van der Waals surface area contributed by atoms with Crippen LogP contribution in [0.3, 0.4) is 0 Å². The number of hydrogen-bond donors (Lipinski definition) is 1. The van der Waals surface area contributed by atoms with E-state index in [-0.39, 0.29) is 18.0 Å². The highest BCUT2D eigenvalue weighted by atomic mass is 16.7. The van der Waals surface area contributed by atoms with Crippen molar-refractivity contribution in [3.05, 3.63) is 59.2 Å². The Kier molecular flexibility index (Phi) is 5.83. The van der Waals surface area contributed by atoms with Crippen LogP contribution in [0.25, 0.3) is 0 Å². The van der Waals surface area contributed by atoms with Crippen LogP contribution in [0, 0.1) is 0 Å². The predicted octanol–water partition coefficient (Wildman–Crippen LogP) is 3.12. The van der Waals surface area contributed by atoms with Gasteiger partial charge in [0, 0.05) is 32.7 Å². The van der Waals surface area contributed by atoms with E-state index in [0.29, 0.717) is 6.79 Å². The van der Waals surface area contributed by atoms with Gasteiger partial charge in [0.2, 0.25) is 12.7 Å². The van der Waals surface area contributed by atoms with Gasteiger partial charge in [0.25, 0.3) is 0 Å². The maximum absolute atomic E-state index is 13.0. The number of piperazine rings is 1. The smallest absolute Gasteiger partial charge is 0.237 e. The van der Waals surface area contributed by atoms with Gasteiger partial charge in [-0.25, -0.2) is 0 Å². The third kappa shape index (κ3) is 4.41. The third-order valence-electron chi connectivity index (χ3n) is 6.86. The highest BCUT2D eigenvalue weighted by Gasteiger charge is 2.29. The number of ether oxygens (including phenoxy) is 2. The van der Waals surface area contributed by atoms with Crippen LogP contribution in [0.15, 0.2) is 42.5 Å². The van der Waals surface area contributed by atoms with Gasteiger partial charge in [-0.15, -0.1) is 0 Å². The van der Waals surface area contributed by atoms with E-state index in [1.54, 1.807) is 0 Å². The topological polar surface area (TPSA) is 54.0 Å². The van der Waals surface area contributed by atoms with E-state index in [2.05, 4.69) is 51.5 Å². The molecule has 1 fully saturated rings. The van der Waals surface area contributed by atoms with Crippen molar-refractivity contribution in [1.82, 2.24) is 15.1 Å². The van der Waals surface area contributed by atoms with Crippen LogP contribution >= 0.6 is 0 Å². The van der Waals surface area contributed by atoms with Crippen LogP contribution in [0.1, 0.15) is 42.5 Å². The number of aryl methyl sites for hydroxylation is 1. The molecule has 31 heavy (non-hydrogen) atoms. The van der Waals surface area contributed by atoms with Crippen molar-refractivity contribution >= 4 is 5.91 Å². The average molecular weight is 422 g/mol. The molecule has 0 radical (unpaired) electrons. The van der Waals surface area contributed by atoms with Gasteiger partial charge in [0.1, 0.15) is 0 Å². The van der Waals surface area contributed by atoms with Gasteiger partial charge < -0.3 is 14.8 Å². The summed E-state index contributed by atoms with van der Waals surface area (Å²) >= 11 is 0. The van der Waals surface area contributed by atoms with Crippen molar-refractivity contribution in [2.75, 3.05) is 33.0 Å². The van der Waals surface area contributed by atoms with Crippen LogP contribution in [-0.2, 0) is 17.8 Å². The van der Waals surface area contributed by atoms with Crippen LogP contribution in [0.4, 0.5) is 0 Å². The Morgan fingerprint density at radius 3 is 2.77 bits per heavy atom. The van der Waals surface area contributed by atoms with Crippen molar-refractivity contribution in [2.24, 2.45) is 0 Å². The summed E-state index contributed by atoms with van der Waals surface area (Å²) in [6.07, 6.45) is 3.27. The number of carbonyl (C=O) groups is 1. The monoisotopic (exact) mass is 421 g/mol. The predicted molar refractivity (Wildman–Crippen MR) is 119 cm³/mol. The number of nitrogens with one attached hydrogen (secondary N) is 1. The van der Waals surface area contributed by atoms with Crippen molar-refractivity contribution in [3.63, 3.8) is 0 Å². The molecule has 1 amide bonds. The maximum Gasteiger partial charge on any atom is 0.237 e. The minimum atomic E-state index is -0.109. The van der Waals surface area contributed by atoms with Gasteiger partial charge in [-0.1, -0.05) is 30.3 Å². The van der Waals surface area contributed by atoms with E-state index in [0.717, 1.165) is 63.5 Å². The number of hydrogen-bond acceptors (Lipinski definition) is 5. The molecule has 0 aromatic heterocycles. The molecule has 5 rings (SSSR count). The Morgan fingerprint density at radius 1 is 1.10 bits per heavy atom. The molecule has 2 atom stereocenters. The summed E-state index contributed by atoms with van der Waals surface area (Å²) in [6.45, 7) is 6.96. The number of benzene rings is 2. The van der Waals surface area contributed by atoms with Crippen LogP contribution < -0.4 is 14.8 Å². The normalized spacial score (nSPS) is 22.0. The van der Waals surface area contributed by atoms with Crippen molar-refractivity contribution in [1.29, 1.82) is 0 Å². The lowest BCUT2D eigenvalue weighted by Crippen LogP contribution is -2.54. The summed E-state index contributed by atoms with van der Waals surface area (Å²) < 4.78 is 10.9. The quantitative estimate of drug-likeness (QED) is 0.804. The molecule has 0 bridgehead atoms. The summed E-state index contributed by atoms with van der Waals surface area (Å²) in [5.41, 5.74) is 3.91. The SMILES string of the molecule is C[C@H](C(=O)N[C@H]1CCCc2ccccc21)N1CCN(Cc2ccc3c(c2)OCO3)CC1. The summed E-state index contributed by atoms with van der Waals surface area (Å²) in [5.74, 6) is 1.81. The molecular weight excluding hydrogens is 390 g/mol. The minimum Gasteiger partial charge on any atom is -0.454 e. The van der Waals surface area contributed by atoms with Crippen LogP contribution in [0.5, 0.6) is 11.5 Å². The lowest BCUT2D eigenvalue weighted by atomic mass is 9.87. The molecule has 0 spiro atoms. The summed E-state index contributed by atoms with van der Waals surface area (Å²) in [7, 11) is 0. The van der Waals surface area contributed by atoms with Crippen LogP contribution in [0.2, 0.25) is 0 Å². The fraction of sp³-hybridized carbons (Fsp3) is 0.480. The first-order valence-corrected chi connectivity index (χ1v) is 11.4. The number of rotatable bonds is 5. The Balaban J connectivity index is 1.13. The zero-order valence-corrected chi connectivity index (χ0v) is 18.2. The number of carbonyl (C=O) groups excluding carboxylic acids is 1. The Bertz CT molecular complexity index is 939. The van der Waals surface area contributed by atoms with Gasteiger partial charge in [-0.05, 0) is 55.0 Å². The molecule has 0 saturated carbocycles. The fourth-order valence-corrected chi connectivity index (χ4v) is 4.97. The summed E-state index contributed by atoms with van der Waals surface area (Å²) in [4.78, 5) is 17.8. The van der Waals surface area contributed by atoms with E-state index in [9.17, 15) is 4.79 Å². The molecule has 3 aliphatic rings. The van der Waals surface area contributed by atoms with E-state index in [1.165, 1.54) is 16.7 Å². The molecule has 164 valence electrons. The maximum atomic E-state index is 13.0. The van der Waals surface area contributed by atoms with Crippen LogP contribution in [-0.4, -0.2) is 54.7 Å². The summed E-state index contributed by atoms with van der Waals surface area (Å²) in [5, 5.41) is 3.33. The third-order valence-corrected chi connectivity index (χ3v) is 6.86. The summed E-state index contributed by atoms with van der Waals surface area (Å²) in [6, 6.07) is 14.7. The molecule has 6 heteroatoms. The molecule has 2 aliphatic heterocycles. The largest absolute Gasteiger partial charge is 0.454 e. The highest BCUT2D eigenvalue weighted by Crippen LogP contribution is 2.33. The van der Waals surface area contributed by atoms with Crippen molar-refractivity contribution in [3.8, 4) is 11.5 Å². The van der Waals surface area contributed by atoms with Crippen molar-refractivity contribution < 1.29 is 14.3 Å². The van der Waals surface area contributed by atoms with Gasteiger partial charge in [-0.2, -0.15) is 0 Å². The zero-order valence-electron chi connectivity index (χ0n) is 18.2. The minimum absolute atomic E-state index is 0.109. The Labute approximate surface area is 184 Å². The second-order valence-electron chi connectivity index (χ2n) is 8.83. The second kappa shape index (κ2) is 8.89.